The van der Waals surface area contributed by atoms with E-state index >= 15 is 0 Å². The van der Waals surface area contributed by atoms with Crippen molar-refractivity contribution in [1.82, 2.24) is 0 Å². The Morgan fingerprint density at radius 2 is 2.00 bits per heavy atom. The lowest BCUT2D eigenvalue weighted by molar-refractivity contribution is 0.00500. The summed E-state index contributed by atoms with van der Waals surface area (Å²) in [6.45, 7) is 4.42. The van der Waals surface area contributed by atoms with Gasteiger partial charge in [-0.05, 0) is 43.2 Å². The van der Waals surface area contributed by atoms with Gasteiger partial charge in [0, 0.05) is 0 Å². The minimum Gasteiger partial charge on any atom is -0.457 e. The summed E-state index contributed by atoms with van der Waals surface area (Å²) in [4.78, 5) is 11.7. The molecular weight excluding hydrogens is 204 g/mol. The Labute approximate surface area is 95.8 Å². The van der Waals surface area contributed by atoms with E-state index in [2.05, 4.69) is 13.8 Å². The number of rotatable bonds is 2. The predicted octanol–water partition coefficient (Wildman–Crippen LogP) is 3.26. The van der Waals surface area contributed by atoms with Crippen molar-refractivity contribution in [2.24, 2.45) is 11.8 Å². The molecule has 1 unspecified atom stereocenters. The number of ether oxygens (including phenoxy) is 1. The molecule has 0 N–H and O–H groups in total. The highest BCUT2D eigenvalue weighted by Crippen LogP contribution is 2.30. The predicted molar refractivity (Wildman–Crippen MR) is 60.1 cm³/mol. The van der Waals surface area contributed by atoms with E-state index in [-0.39, 0.29) is 12.1 Å². The third-order valence-electron chi connectivity index (χ3n) is 3.13. The van der Waals surface area contributed by atoms with Crippen LogP contribution in [0.25, 0.3) is 0 Å². The molecule has 3 heteroatoms. The number of hydrogen-bond acceptors (Lipinski definition) is 3. The first-order valence-electron chi connectivity index (χ1n) is 5.89. The minimum atomic E-state index is -0.337. The zero-order chi connectivity index (χ0) is 11.5. The molecule has 1 aliphatic rings. The highest BCUT2D eigenvalue weighted by molar-refractivity contribution is 5.86. The van der Waals surface area contributed by atoms with Crippen LogP contribution in [0.5, 0.6) is 0 Å². The molecule has 1 fully saturated rings. The fraction of sp³-hybridized carbons (Fsp3) is 0.615. The third kappa shape index (κ3) is 2.65. The van der Waals surface area contributed by atoms with Gasteiger partial charge in [-0.15, -0.1) is 0 Å². The van der Waals surface area contributed by atoms with E-state index in [9.17, 15) is 4.79 Å². The molecule has 88 valence electrons. The average Bonchev–Trinajstić information content (AvgIpc) is 2.68. The minimum absolute atomic E-state index is 0.0522. The van der Waals surface area contributed by atoms with E-state index in [4.69, 9.17) is 9.15 Å². The van der Waals surface area contributed by atoms with Gasteiger partial charge in [0.1, 0.15) is 6.10 Å². The van der Waals surface area contributed by atoms with Crippen LogP contribution in [-0.4, -0.2) is 12.1 Å². The van der Waals surface area contributed by atoms with Crippen LogP contribution in [0.2, 0.25) is 0 Å². The Morgan fingerprint density at radius 1 is 1.31 bits per heavy atom. The van der Waals surface area contributed by atoms with Gasteiger partial charge in [0.25, 0.3) is 0 Å². The molecule has 0 aliphatic heterocycles. The third-order valence-corrected chi connectivity index (χ3v) is 3.13. The second kappa shape index (κ2) is 4.73. The zero-order valence-corrected chi connectivity index (χ0v) is 9.81. The Hall–Kier alpha value is -1.25. The summed E-state index contributed by atoms with van der Waals surface area (Å²) in [6.07, 6.45) is 4.71. The Kier molecular flexibility index (Phi) is 3.32. The van der Waals surface area contributed by atoms with Crippen molar-refractivity contribution in [3.8, 4) is 0 Å². The molecule has 0 spiro atoms. The van der Waals surface area contributed by atoms with E-state index in [1.807, 2.05) is 0 Å². The SMILES string of the molecule is C[C@@H]1CC(OC(=O)c2ccco2)C[C@H](C)C1. The van der Waals surface area contributed by atoms with Crippen molar-refractivity contribution >= 4 is 5.97 Å². The lowest BCUT2D eigenvalue weighted by Crippen LogP contribution is -2.28. The normalized spacial score (nSPS) is 30.0. The number of carbonyl (C=O) groups is 1. The van der Waals surface area contributed by atoms with E-state index < -0.39 is 0 Å². The summed E-state index contributed by atoms with van der Waals surface area (Å²) in [5.74, 6) is 1.23. The summed E-state index contributed by atoms with van der Waals surface area (Å²) in [5, 5.41) is 0. The molecule has 0 amide bonds. The van der Waals surface area contributed by atoms with E-state index in [0.717, 1.165) is 12.8 Å². The molecule has 0 aromatic carbocycles. The van der Waals surface area contributed by atoms with Gasteiger partial charge in [-0.2, -0.15) is 0 Å². The average molecular weight is 222 g/mol. The second-order valence-corrected chi connectivity index (χ2v) is 4.92. The lowest BCUT2D eigenvalue weighted by atomic mass is 9.82. The fourth-order valence-electron chi connectivity index (χ4n) is 2.57. The van der Waals surface area contributed by atoms with Gasteiger partial charge in [0.2, 0.25) is 5.76 Å². The van der Waals surface area contributed by atoms with Crippen molar-refractivity contribution < 1.29 is 13.9 Å². The van der Waals surface area contributed by atoms with Crippen molar-refractivity contribution in [2.45, 2.75) is 39.2 Å². The van der Waals surface area contributed by atoms with Crippen LogP contribution >= 0.6 is 0 Å². The standard InChI is InChI=1S/C13H18O3/c1-9-6-10(2)8-11(7-9)16-13(14)12-4-3-5-15-12/h3-5,9-11H,6-8H2,1-2H3/t9-,10+,11?. The molecule has 0 saturated heterocycles. The second-order valence-electron chi connectivity index (χ2n) is 4.92. The monoisotopic (exact) mass is 222 g/mol. The van der Waals surface area contributed by atoms with Gasteiger partial charge in [0.15, 0.2) is 0 Å². The molecule has 1 aliphatic carbocycles. The van der Waals surface area contributed by atoms with Crippen molar-refractivity contribution in [3.63, 3.8) is 0 Å². The van der Waals surface area contributed by atoms with E-state index in [1.165, 1.54) is 12.7 Å². The molecular formula is C13H18O3. The summed E-state index contributed by atoms with van der Waals surface area (Å²) in [5.41, 5.74) is 0. The molecule has 3 atom stereocenters. The summed E-state index contributed by atoms with van der Waals surface area (Å²) < 4.78 is 10.5. The van der Waals surface area contributed by atoms with Crippen LogP contribution in [0.4, 0.5) is 0 Å². The zero-order valence-electron chi connectivity index (χ0n) is 9.81. The first-order valence-corrected chi connectivity index (χ1v) is 5.89. The highest BCUT2D eigenvalue weighted by atomic mass is 16.6. The number of esters is 1. The molecule has 2 rings (SSSR count). The molecule has 1 heterocycles. The first kappa shape index (κ1) is 11.2. The van der Waals surface area contributed by atoms with Crippen LogP contribution in [0.1, 0.15) is 43.7 Å². The smallest absolute Gasteiger partial charge is 0.374 e. The topological polar surface area (TPSA) is 39.4 Å². The van der Waals surface area contributed by atoms with Crippen molar-refractivity contribution in [3.05, 3.63) is 24.2 Å². The maximum atomic E-state index is 11.7. The summed E-state index contributed by atoms with van der Waals surface area (Å²) in [6, 6.07) is 3.33. The van der Waals surface area contributed by atoms with E-state index in [1.54, 1.807) is 12.1 Å². The lowest BCUT2D eigenvalue weighted by Gasteiger charge is -2.30. The number of furan rings is 1. The maximum Gasteiger partial charge on any atom is 0.374 e. The summed E-state index contributed by atoms with van der Waals surface area (Å²) >= 11 is 0. The van der Waals surface area contributed by atoms with E-state index in [0.29, 0.717) is 17.6 Å². The molecule has 1 aromatic heterocycles. The Balaban J connectivity index is 1.92. The fourth-order valence-corrected chi connectivity index (χ4v) is 2.57. The number of carbonyl (C=O) groups excluding carboxylic acids is 1. The largest absolute Gasteiger partial charge is 0.457 e. The van der Waals surface area contributed by atoms with Gasteiger partial charge in [0.05, 0.1) is 6.26 Å². The van der Waals surface area contributed by atoms with Crippen LogP contribution in [0, 0.1) is 11.8 Å². The van der Waals surface area contributed by atoms with Crippen LogP contribution in [-0.2, 0) is 4.74 Å². The van der Waals surface area contributed by atoms with Gasteiger partial charge in [-0.25, -0.2) is 4.79 Å². The van der Waals surface area contributed by atoms with Gasteiger partial charge >= 0.3 is 5.97 Å². The van der Waals surface area contributed by atoms with Crippen LogP contribution in [0.15, 0.2) is 22.8 Å². The molecule has 1 aromatic rings. The van der Waals surface area contributed by atoms with Crippen molar-refractivity contribution in [2.75, 3.05) is 0 Å². The van der Waals surface area contributed by atoms with Gasteiger partial charge < -0.3 is 9.15 Å². The first-order chi connectivity index (χ1) is 7.65. The van der Waals surface area contributed by atoms with Gasteiger partial charge in [-0.1, -0.05) is 13.8 Å². The van der Waals surface area contributed by atoms with Crippen LogP contribution < -0.4 is 0 Å². The molecule has 0 bridgehead atoms. The molecule has 0 radical (unpaired) electrons. The van der Waals surface area contributed by atoms with Crippen molar-refractivity contribution in [1.29, 1.82) is 0 Å². The molecule has 3 nitrogen and oxygen atoms in total. The quantitative estimate of drug-likeness (QED) is 0.721. The highest BCUT2D eigenvalue weighted by Gasteiger charge is 2.27. The van der Waals surface area contributed by atoms with Crippen LogP contribution in [0.3, 0.4) is 0 Å². The molecule has 16 heavy (non-hydrogen) atoms. The molecule has 1 saturated carbocycles. The Bertz CT molecular complexity index is 332. The van der Waals surface area contributed by atoms with Gasteiger partial charge in [-0.3, -0.25) is 0 Å². The number of hydrogen-bond donors (Lipinski definition) is 0. The summed E-state index contributed by atoms with van der Waals surface area (Å²) in [7, 11) is 0. The Morgan fingerprint density at radius 3 is 2.56 bits per heavy atom. The maximum absolute atomic E-state index is 11.7.